The minimum atomic E-state index is -0.432. The summed E-state index contributed by atoms with van der Waals surface area (Å²) in [6, 6.07) is 7.80. The van der Waals surface area contributed by atoms with Crippen molar-refractivity contribution in [3.8, 4) is 11.4 Å². The highest BCUT2D eigenvalue weighted by Gasteiger charge is 2.16. The van der Waals surface area contributed by atoms with Crippen LogP contribution in [0.4, 0.5) is 5.82 Å². The monoisotopic (exact) mass is 354 g/mol. The van der Waals surface area contributed by atoms with E-state index in [0.29, 0.717) is 30.4 Å². The van der Waals surface area contributed by atoms with Gasteiger partial charge in [-0.05, 0) is 36.9 Å². The number of nitrogens with zero attached hydrogens (tertiary/aromatic N) is 3. The standard InChI is InChI=1S/C18H18N4O2S/c1-2-24-18(23)15-12-21-16(13-5-3-8-19-11-13)22-17(15)20-9-7-14-6-4-10-25-14/h3-6,8,10-12H,2,7,9H2,1H3,(H,20,21,22). The normalized spacial score (nSPS) is 10.4. The number of hydrogen-bond donors (Lipinski definition) is 1. The van der Waals surface area contributed by atoms with E-state index in [2.05, 4.69) is 26.3 Å². The Labute approximate surface area is 149 Å². The molecule has 0 radical (unpaired) electrons. The van der Waals surface area contributed by atoms with Crippen LogP contribution in [0.3, 0.4) is 0 Å². The molecular weight excluding hydrogens is 336 g/mol. The van der Waals surface area contributed by atoms with Gasteiger partial charge in [0.1, 0.15) is 11.4 Å². The maximum absolute atomic E-state index is 12.2. The number of pyridine rings is 1. The number of rotatable bonds is 7. The van der Waals surface area contributed by atoms with E-state index in [-0.39, 0.29) is 0 Å². The van der Waals surface area contributed by atoms with Crippen LogP contribution < -0.4 is 5.32 Å². The molecule has 0 saturated heterocycles. The molecule has 7 heteroatoms. The Morgan fingerprint density at radius 3 is 2.92 bits per heavy atom. The third-order valence-electron chi connectivity index (χ3n) is 3.45. The van der Waals surface area contributed by atoms with Crippen molar-refractivity contribution in [3.05, 3.63) is 58.7 Å². The van der Waals surface area contributed by atoms with Crippen LogP contribution in [-0.4, -0.2) is 34.1 Å². The van der Waals surface area contributed by atoms with E-state index in [9.17, 15) is 4.79 Å². The molecular formula is C18H18N4O2S. The number of nitrogens with one attached hydrogen (secondary N) is 1. The van der Waals surface area contributed by atoms with Gasteiger partial charge in [0.2, 0.25) is 0 Å². The summed E-state index contributed by atoms with van der Waals surface area (Å²) in [5.41, 5.74) is 1.12. The Morgan fingerprint density at radius 2 is 2.20 bits per heavy atom. The zero-order chi connectivity index (χ0) is 17.5. The second kappa shape index (κ2) is 8.34. The van der Waals surface area contributed by atoms with Crippen LogP contribution in [0.2, 0.25) is 0 Å². The summed E-state index contributed by atoms with van der Waals surface area (Å²) in [5.74, 6) is 0.558. The van der Waals surface area contributed by atoms with Gasteiger partial charge in [-0.3, -0.25) is 4.98 Å². The fraction of sp³-hybridized carbons (Fsp3) is 0.222. The van der Waals surface area contributed by atoms with Crippen LogP contribution in [0.25, 0.3) is 11.4 Å². The first-order valence-corrected chi connectivity index (χ1v) is 8.86. The summed E-state index contributed by atoms with van der Waals surface area (Å²) in [4.78, 5) is 26.3. The first-order valence-electron chi connectivity index (χ1n) is 7.98. The third kappa shape index (κ3) is 4.39. The molecule has 128 valence electrons. The number of thiophene rings is 1. The summed E-state index contributed by atoms with van der Waals surface area (Å²) >= 11 is 1.70. The number of carbonyl (C=O) groups excluding carboxylic acids is 1. The zero-order valence-corrected chi connectivity index (χ0v) is 14.6. The maximum Gasteiger partial charge on any atom is 0.343 e. The highest BCUT2D eigenvalue weighted by molar-refractivity contribution is 7.09. The van der Waals surface area contributed by atoms with Crippen molar-refractivity contribution in [2.75, 3.05) is 18.5 Å². The molecule has 3 rings (SSSR count). The van der Waals surface area contributed by atoms with Gasteiger partial charge in [0.05, 0.1) is 6.61 Å². The summed E-state index contributed by atoms with van der Waals surface area (Å²) in [5, 5.41) is 5.28. The number of hydrogen-bond acceptors (Lipinski definition) is 7. The van der Waals surface area contributed by atoms with Crippen LogP contribution in [0, 0.1) is 0 Å². The number of esters is 1. The van der Waals surface area contributed by atoms with Crippen LogP contribution in [0.1, 0.15) is 22.2 Å². The first-order chi connectivity index (χ1) is 12.3. The minimum Gasteiger partial charge on any atom is -0.462 e. The predicted octanol–water partition coefficient (Wildman–Crippen LogP) is 3.43. The lowest BCUT2D eigenvalue weighted by molar-refractivity contribution is 0.0526. The van der Waals surface area contributed by atoms with Crippen molar-refractivity contribution in [1.29, 1.82) is 0 Å². The zero-order valence-electron chi connectivity index (χ0n) is 13.8. The second-order valence-electron chi connectivity index (χ2n) is 5.17. The fourth-order valence-electron chi connectivity index (χ4n) is 2.27. The maximum atomic E-state index is 12.2. The molecule has 0 fully saturated rings. The van der Waals surface area contributed by atoms with Gasteiger partial charge < -0.3 is 10.1 Å². The van der Waals surface area contributed by atoms with E-state index < -0.39 is 5.97 Å². The largest absolute Gasteiger partial charge is 0.462 e. The average molecular weight is 354 g/mol. The number of anilines is 1. The first kappa shape index (κ1) is 17.0. The van der Waals surface area contributed by atoms with Gasteiger partial charge >= 0.3 is 5.97 Å². The smallest absolute Gasteiger partial charge is 0.343 e. The van der Waals surface area contributed by atoms with Crippen LogP contribution in [-0.2, 0) is 11.2 Å². The summed E-state index contributed by atoms with van der Waals surface area (Å²) < 4.78 is 5.10. The van der Waals surface area contributed by atoms with Crippen molar-refractivity contribution in [2.45, 2.75) is 13.3 Å². The lowest BCUT2D eigenvalue weighted by Crippen LogP contribution is -2.14. The van der Waals surface area contributed by atoms with E-state index in [1.807, 2.05) is 23.6 Å². The van der Waals surface area contributed by atoms with Gasteiger partial charge in [-0.1, -0.05) is 6.07 Å². The van der Waals surface area contributed by atoms with Crippen molar-refractivity contribution in [3.63, 3.8) is 0 Å². The quantitative estimate of drug-likeness (QED) is 0.655. The van der Waals surface area contributed by atoms with Crippen LogP contribution >= 0.6 is 11.3 Å². The Balaban J connectivity index is 1.83. The molecule has 0 unspecified atom stereocenters. The average Bonchev–Trinajstić information content (AvgIpc) is 3.16. The molecule has 3 aromatic rings. The number of ether oxygens (including phenoxy) is 1. The Kier molecular flexibility index (Phi) is 5.69. The van der Waals surface area contributed by atoms with Crippen LogP contribution in [0.5, 0.6) is 0 Å². The van der Waals surface area contributed by atoms with E-state index in [4.69, 9.17) is 4.74 Å². The Hall–Kier alpha value is -2.80. The topological polar surface area (TPSA) is 77.0 Å². The molecule has 0 aromatic carbocycles. The highest BCUT2D eigenvalue weighted by atomic mass is 32.1. The van der Waals surface area contributed by atoms with Crippen molar-refractivity contribution < 1.29 is 9.53 Å². The molecule has 0 aliphatic carbocycles. The minimum absolute atomic E-state index is 0.303. The number of carbonyl (C=O) groups is 1. The van der Waals surface area contributed by atoms with Gasteiger partial charge in [0.15, 0.2) is 5.82 Å². The highest BCUT2D eigenvalue weighted by Crippen LogP contribution is 2.20. The van der Waals surface area contributed by atoms with Crippen LogP contribution in [0.15, 0.2) is 48.2 Å². The lowest BCUT2D eigenvalue weighted by Gasteiger charge is -2.11. The van der Waals surface area contributed by atoms with Gasteiger partial charge in [0.25, 0.3) is 0 Å². The molecule has 6 nitrogen and oxygen atoms in total. The van der Waals surface area contributed by atoms with E-state index in [1.165, 1.54) is 11.1 Å². The van der Waals surface area contributed by atoms with E-state index >= 15 is 0 Å². The molecule has 0 saturated carbocycles. The van der Waals surface area contributed by atoms with Crippen molar-refractivity contribution in [1.82, 2.24) is 15.0 Å². The molecule has 0 bridgehead atoms. The molecule has 1 N–H and O–H groups in total. The molecule has 0 aliphatic heterocycles. The molecule has 0 spiro atoms. The third-order valence-corrected chi connectivity index (χ3v) is 4.38. The molecule has 25 heavy (non-hydrogen) atoms. The molecule has 3 aromatic heterocycles. The van der Waals surface area contributed by atoms with Crippen molar-refractivity contribution >= 4 is 23.1 Å². The van der Waals surface area contributed by atoms with Gasteiger partial charge in [-0.2, -0.15) is 0 Å². The van der Waals surface area contributed by atoms with Gasteiger partial charge in [0, 0.05) is 35.6 Å². The van der Waals surface area contributed by atoms with Gasteiger partial charge in [-0.25, -0.2) is 14.8 Å². The molecule has 3 heterocycles. The molecule has 0 aliphatic rings. The van der Waals surface area contributed by atoms with Crippen molar-refractivity contribution in [2.24, 2.45) is 0 Å². The second-order valence-corrected chi connectivity index (χ2v) is 6.21. The summed E-state index contributed by atoms with van der Waals surface area (Å²) in [6.07, 6.45) is 5.73. The Morgan fingerprint density at radius 1 is 1.28 bits per heavy atom. The Bertz CT molecular complexity index is 822. The molecule has 0 amide bonds. The van der Waals surface area contributed by atoms with Gasteiger partial charge in [-0.15, -0.1) is 11.3 Å². The lowest BCUT2D eigenvalue weighted by atomic mass is 10.2. The fourth-order valence-corrected chi connectivity index (χ4v) is 2.98. The number of aromatic nitrogens is 3. The summed E-state index contributed by atoms with van der Waals surface area (Å²) in [7, 11) is 0. The summed E-state index contributed by atoms with van der Waals surface area (Å²) in [6.45, 7) is 2.74. The molecule has 0 atom stereocenters. The SMILES string of the molecule is CCOC(=O)c1cnc(-c2cccnc2)nc1NCCc1cccs1. The van der Waals surface area contributed by atoms with E-state index in [1.54, 1.807) is 30.7 Å². The van der Waals surface area contributed by atoms with E-state index in [0.717, 1.165) is 12.0 Å². The predicted molar refractivity (Wildman–Crippen MR) is 97.7 cm³/mol.